The van der Waals surface area contributed by atoms with Gasteiger partial charge >= 0.3 is 0 Å². The summed E-state index contributed by atoms with van der Waals surface area (Å²) in [5, 5.41) is 0. The second kappa shape index (κ2) is 2.44. The molecular formula is C9H14FNO. The topological polar surface area (TPSA) is 21.6 Å². The predicted molar refractivity (Wildman–Crippen MR) is 44.8 cm³/mol. The molecule has 68 valence electrons. The average molecular weight is 171 g/mol. The van der Waals surface area contributed by atoms with Crippen LogP contribution >= 0.6 is 0 Å². The standard InChI is InChI=1S/C9H14FNO/c1-6-11-8(7-3-4-7)5-9(2,10)12-6/h7-8H,3-5H2,1-2H3/t8-,9-/m1/s1. The monoisotopic (exact) mass is 171 g/mol. The van der Waals surface area contributed by atoms with Gasteiger partial charge in [-0.15, -0.1) is 0 Å². The second-order valence-corrected chi connectivity index (χ2v) is 3.96. The van der Waals surface area contributed by atoms with Gasteiger partial charge in [0, 0.05) is 20.3 Å². The Morgan fingerprint density at radius 3 is 2.75 bits per heavy atom. The maximum absolute atomic E-state index is 13.5. The highest BCUT2D eigenvalue weighted by molar-refractivity contribution is 5.74. The summed E-state index contributed by atoms with van der Waals surface area (Å²) in [7, 11) is 0. The lowest BCUT2D eigenvalue weighted by atomic mass is 10.0. The minimum atomic E-state index is -1.49. The molecule has 0 saturated heterocycles. The summed E-state index contributed by atoms with van der Waals surface area (Å²) >= 11 is 0. The molecule has 12 heavy (non-hydrogen) atoms. The Kier molecular flexibility index (Phi) is 1.63. The zero-order valence-corrected chi connectivity index (χ0v) is 7.51. The van der Waals surface area contributed by atoms with E-state index in [1.807, 2.05) is 0 Å². The molecule has 2 atom stereocenters. The van der Waals surface area contributed by atoms with E-state index in [0.717, 1.165) is 0 Å². The minimum absolute atomic E-state index is 0.175. The van der Waals surface area contributed by atoms with Gasteiger partial charge in [0.1, 0.15) is 0 Å². The van der Waals surface area contributed by atoms with E-state index < -0.39 is 5.85 Å². The molecule has 2 aliphatic rings. The van der Waals surface area contributed by atoms with Crippen molar-refractivity contribution in [1.82, 2.24) is 0 Å². The molecular weight excluding hydrogens is 157 g/mol. The summed E-state index contributed by atoms with van der Waals surface area (Å²) in [6, 6.07) is 0.175. The van der Waals surface area contributed by atoms with Crippen molar-refractivity contribution in [3.8, 4) is 0 Å². The average Bonchev–Trinajstić information content (AvgIpc) is 2.61. The summed E-state index contributed by atoms with van der Waals surface area (Å²) in [6.07, 6.45) is 2.84. The van der Waals surface area contributed by atoms with Gasteiger partial charge in [-0.2, -0.15) is 4.39 Å². The molecule has 3 heteroatoms. The van der Waals surface area contributed by atoms with Crippen molar-refractivity contribution in [1.29, 1.82) is 0 Å². The highest BCUT2D eigenvalue weighted by atomic mass is 19.2. The maximum Gasteiger partial charge on any atom is 0.249 e. The number of nitrogens with zero attached hydrogens (tertiary/aromatic N) is 1. The van der Waals surface area contributed by atoms with Crippen LogP contribution in [-0.4, -0.2) is 17.8 Å². The first-order valence-corrected chi connectivity index (χ1v) is 4.49. The molecule has 0 aromatic carbocycles. The van der Waals surface area contributed by atoms with Crippen molar-refractivity contribution in [2.75, 3.05) is 0 Å². The molecule has 0 unspecified atom stereocenters. The summed E-state index contributed by atoms with van der Waals surface area (Å²) in [4.78, 5) is 4.29. The fourth-order valence-corrected chi connectivity index (χ4v) is 1.78. The Morgan fingerprint density at radius 1 is 1.58 bits per heavy atom. The molecule has 0 aromatic rings. The highest BCUT2D eigenvalue weighted by Gasteiger charge is 2.41. The number of rotatable bonds is 1. The number of hydrogen-bond acceptors (Lipinski definition) is 2. The normalized spacial score (nSPS) is 41.9. The summed E-state index contributed by atoms with van der Waals surface area (Å²) in [5.41, 5.74) is 0. The van der Waals surface area contributed by atoms with E-state index in [9.17, 15) is 4.39 Å². The molecule has 2 rings (SSSR count). The molecule has 1 aliphatic carbocycles. The lowest BCUT2D eigenvalue weighted by Crippen LogP contribution is -2.35. The molecule has 0 radical (unpaired) electrons. The van der Waals surface area contributed by atoms with Crippen LogP contribution in [0.5, 0.6) is 0 Å². The number of halogens is 1. The number of ether oxygens (including phenoxy) is 1. The molecule has 0 aromatic heterocycles. The van der Waals surface area contributed by atoms with Crippen LogP contribution in [0.1, 0.15) is 33.1 Å². The van der Waals surface area contributed by atoms with Gasteiger partial charge in [-0.3, -0.25) is 4.99 Å². The fraction of sp³-hybridized carbons (Fsp3) is 0.889. The highest BCUT2D eigenvalue weighted by Crippen LogP contribution is 2.40. The zero-order chi connectivity index (χ0) is 8.77. The largest absolute Gasteiger partial charge is 0.446 e. The first-order chi connectivity index (χ1) is 5.57. The Bertz CT molecular complexity index is 221. The predicted octanol–water partition coefficient (Wildman–Crippen LogP) is 2.29. The SMILES string of the molecule is CC1=N[C@@H](C2CC2)C[C@](C)(F)O1. The quantitative estimate of drug-likeness (QED) is 0.593. The van der Waals surface area contributed by atoms with Crippen molar-refractivity contribution in [3.63, 3.8) is 0 Å². The lowest BCUT2D eigenvalue weighted by Gasteiger charge is -2.30. The molecule has 1 aliphatic heterocycles. The fourth-order valence-electron chi connectivity index (χ4n) is 1.78. The molecule has 1 heterocycles. The van der Waals surface area contributed by atoms with Crippen LogP contribution in [-0.2, 0) is 4.74 Å². The minimum Gasteiger partial charge on any atom is -0.446 e. The van der Waals surface area contributed by atoms with Crippen LogP contribution in [0.15, 0.2) is 4.99 Å². The number of alkyl halides is 1. The van der Waals surface area contributed by atoms with Crippen molar-refractivity contribution < 1.29 is 9.13 Å². The maximum atomic E-state index is 13.5. The Morgan fingerprint density at radius 2 is 2.25 bits per heavy atom. The Hall–Kier alpha value is -0.600. The van der Waals surface area contributed by atoms with Crippen LogP contribution in [0.3, 0.4) is 0 Å². The smallest absolute Gasteiger partial charge is 0.249 e. The van der Waals surface area contributed by atoms with Gasteiger partial charge in [0.05, 0.1) is 6.04 Å². The van der Waals surface area contributed by atoms with Crippen molar-refractivity contribution >= 4 is 5.90 Å². The number of hydrogen-bond donors (Lipinski definition) is 0. The van der Waals surface area contributed by atoms with Gasteiger partial charge in [-0.25, -0.2) is 0 Å². The van der Waals surface area contributed by atoms with E-state index in [-0.39, 0.29) is 6.04 Å². The molecule has 0 spiro atoms. The third-order valence-corrected chi connectivity index (χ3v) is 2.45. The molecule has 0 N–H and O–H groups in total. The van der Waals surface area contributed by atoms with Crippen LogP contribution in [0.25, 0.3) is 0 Å². The third-order valence-electron chi connectivity index (χ3n) is 2.45. The van der Waals surface area contributed by atoms with Gasteiger partial charge in [0.15, 0.2) is 5.90 Å². The summed E-state index contributed by atoms with van der Waals surface area (Å²) in [5.74, 6) is -0.360. The molecule has 0 bridgehead atoms. The molecule has 1 fully saturated rings. The van der Waals surface area contributed by atoms with Crippen LogP contribution in [0.2, 0.25) is 0 Å². The van der Waals surface area contributed by atoms with Crippen LogP contribution in [0.4, 0.5) is 4.39 Å². The summed E-state index contributed by atoms with van der Waals surface area (Å²) < 4.78 is 18.4. The van der Waals surface area contributed by atoms with Gasteiger partial charge in [0.25, 0.3) is 0 Å². The Labute approximate surface area is 71.8 Å². The van der Waals surface area contributed by atoms with Crippen molar-refractivity contribution in [3.05, 3.63) is 0 Å². The van der Waals surface area contributed by atoms with Gasteiger partial charge in [-0.1, -0.05) is 0 Å². The Balaban J connectivity index is 2.10. The molecule has 1 saturated carbocycles. The molecule has 0 amide bonds. The van der Waals surface area contributed by atoms with Gasteiger partial charge < -0.3 is 4.74 Å². The zero-order valence-electron chi connectivity index (χ0n) is 7.51. The lowest BCUT2D eigenvalue weighted by molar-refractivity contribution is -0.0793. The van der Waals surface area contributed by atoms with Gasteiger partial charge in [0.2, 0.25) is 5.85 Å². The van der Waals surface area contributed by atoms with Crippen molar-refractivity contribution in [2.45, 2.75) is 45.0 Å². The van der Waals surface area contributed by atoms with E-state index in [0.29, 0.717) is 18.2 Å². The van der Waals surface area contributed by atoms with E-state index in [1.54, 1.807) is 6.92 Å². The summed E-state index contributed by atoms with van der Waals surface area (Å²) in [6.45, 7) is 3.22. The van der Waals surface area contributed by atoms with E-state index in [2.05, 4.69) is 4.99 Å². The van der Waals surface area contributed by atoms with E-state index >= 15 is 0 Å². The first-order valence-electron chi connectivity index (χ1n) is 4.49. The van der Waals surface area contributed by atoms with Crippen molar-refractivity contribution in [2.24, 2.45) is 10.9 Å². The number of aliphatic imine (C=N–C) groups is 1. The first kappa shape index (κ1) is 8.02. The third kappa shape index (κ3) is 1.59. The molecule has 2 nitrogen and oxygen atoms in total. The van der Waals surface area contributed by atoms with Gasteiger partial charge in [-0.05, 0) is 18.8 Å². The van der Waals surface area contributed by atoms with Crippen LogP contribution in [0, 0.1) is 5.92 Å². The van der Waals surface area contributed by atoms with E-state index in [4.69, 9.17) is 4.74 Å². The van der Waals surface area contributed by atoms with Crippen LogP contribution < -0.4 is 0 Å². The second-order valence-electron chi connectivity index (χ2n) is 3.96. The van der Waals surface area contributed by atoms with E-state index in [1.165, 1.54) is 19.8 Å².